The minimum absolute atomic E-state index is 0.817. The highest BCUT2D eigenvalue weighted by atomic mass is 16.3. The molecular formula is C11H14N2O. The Morgan fingerprint density at radius 2 is 2.14 bits per heavy atom. The van der Waals surface area contributed by atoms with Gasteiger partial charge in [-0.05, 0) is 26.0 Å². The molecule has 0 atom stereocenters. The molecule has 0 radical (unpaired) electrons. The second-order valence-electron chi connectivity index (χ2n) is 4.09. The van der Waals surface area contributed by atoms with Crippen LogP contribution in [-0.2, 0) is 12.6 Å². The summed E-state index contributed by atoms with van der Waals surface area (Å²) in [5.74, 6) is 0. The van der Waals surface area contributed by atoms with Crippen LogP contribution in [0.3, 0.4) is 0 Å². The van der Waals surface area contributed by atoms with Gasteiger partial charge in [-0.2, -0.15) is 0 Å². The van der Waals surface area contributed by atoms with Gasteiger partial charge in [0.05, 0.1) is 5.60 Å². The summed E-state index contributed by atoms with van der Waals surface area (Å²) in [5.41, 5.74) is 1.01. The minimum Gasteiger partial charge on any atom is -0.386 e. The number of hydrogen-bond acceptors (Lipinski definition) is 2. The van der Waals surface area contributed by atoms with Crippen molar-refractivity contribution in [3.05, 3.63) is 30.1 Å². The molecular weight excluding hydrogens is 176 g/mol. The van der Waals surface area contributed by atoms with Gasteiger partial charge < -0.3 is 9.67 Å². The maximum absolute atomic E-state index is 9.96. The summed E-state index contributed by atoms with van der Waals surface area (Å²) in [7, 11) is 1.94. The summed E-state index contributed by atoms with van der Waals surface area (Å²) in [6.07, 6.45) is 3.69. The van der Waals surface area contributed by atoms with Crippen LogP contribution in [0.4, 0.5) is 0 Å². The molecule has 0 unspecified atom stereocenters. The number of hydrogen-bond donors (Lipinski definition) is 1. The topological polar surface area (TPSA) is 38.0 Å². The summed E-state index contributed by atoms with van der Waals surface area (Å²) >= 11 is 0. The third-order valence-corrected chi connectivity index (χ3v) is 2.39. The fourth-order valence-electron chi connectivity index (χ4n) is 1.70. The number of rotatable bonds is 1. The monoisotopic (exact) mass is 190 g/mol. The summed E-state index contributed by atoms with van der Waals surface area (Å²) in [4.78, 5) is 4.27. The van der Waals surface area contributed by atoms with Gasteiger partial charge in [0.2, 0.25) is 0 Å². The third-order valence-electron chi connectivity index (χ3n) is 2.39. The normalized spacial score (nSPS) is 12.3. The summed E-state index contributed by atoms with van der Waals surface area (Å²) in [5, 5.41) is 11.0. The van der Waals surface area contributed by atoms with Gasteiger partial charge >= 0.3 is 0 Å². The van der Waals surface area contributed by atoms with Crippen LogP contribution in [-0.4, -0.2) is 14.7 Å². The predicted octanol–water partition coefficient (Wildman–Crippen LogP) is 1.80. The molecule has 3 heteroatoms. The van der Waals surface area contributed by atoms with Crippen LogP contribution in [0.25, 0.3) is 11.0 Å². The Kier molecular flexibility index (Phi) is 1.86. The average Bonchev–Trinajstić information content (AvgIpc) is 2.44. The number of aryl methyl sites for hydroxylation is 1. The first-order chi connectivity index (χ1) is 6.50. The first-order valence-corrected chi connectivity index (χ1v) is 4.63. The first kappa shape index (κ1) is 9.21. The lowest BCUT2D eigenvalue weighted by Gasteiger charge is -2.15. The summed E-state index contributed by atoms with van der Waals surface area (Å²) in [6, 6.07) is 3.87. The maximum atomic E-state index is 9.96. The molecule has 3 nitrogen and oxygen atoms in total. The molecule has 0 saturated carbocycles. The van der Waals surface area contributed by atoms with Crippen LogP contribution in [0.1, 0.15) is 19.4 Å². The Balaban J connectivity index is 2.80. The first-order valence-electron chi connectivity index (χ1n) is 4.63. The molecule has 2 aromatic heterocycles. The molecule has 0 aliphatic rings. The number of nitrogens with zero attached hydrogens (tertiary/aromatic N) is 2. The molecule has 0 bridgehead atoms. The highest BCUT2D eigenvalue weighted by molar-refractivity contribution is 5.81. The Hall–Kier alpha value is -1.35. The standard InChI is InChI=1S/C11H14N2O/c1-11(2,14)9-7-13(3)10-8(9)5-4-6-12-10/h4-7,14H,1-3H3. The van der Waals surface area contributed by atoms with Gasteiger partial charge in [-0.1, -0.05) is 0 Å². The van der Waals surface area contributed by atoms with Crippen LogP contribution >= 0.6 is 0 Å². The van der Waals surface area contributed by atoms with Crippen molar-refractivity contribution >= 4 is 11.0 Å². The smallest absolute Gasteiger partial charge is 0.139 e. The molecule has 14 heavy (non-hydrogen) atoms. The Morgan fingerprint density at radius 3 is 2.79 bits per heavy atom. The highest BCUT2D eigenvalue weighted by Gasteiger charge is 2.21. The number of pyridine rings is 1. The summed E-state index contributed by atoms with van der Waals surface area (Å²) < 4.78 is 1.93. The second kappa shape index (κ2) is 2.82. The van der Waals surface area contributed by atoms with E-state index in [0.29, 0.717) is 0 Å². The molecule has 0 saturated heterocycles. The molecule has 2 aromatic rings. The van der Waals surface area contributed by atoms with Crippen molar-refractivity contribution in [1.82, 2.24) is 9.55 Å². The molecule has 0 aliphatic heterocycles. The quantitative estimate of drug-likeness (QED) is 0.744. The highest BCUT2D eigenvalue weighted by Crippen LogP contribution is 2.28. The molecule has 74 valence electrons. The average molecular weight is 190 g/mol. The van der Waals surface area contributed by atoms with Gasteiger partial charge in [0.15, 0.2) is 0 Å². The zero-order chi connectivity index (χ0) is 10.3. The fraction of sp³-hybridized carbons (Fsp3) is 0.364. The number of fused-ring (bicyclic) bond motifs is 1. The zero-order valence-electron chi connectivity index (χ0n) is 8.65. The van der Waals surface area contributed by atoms with Crippen molar-refractivity contribution in [3.63, 3.8) is 0 Å². The van der Waals surface area contributed by atoms with Gasteiger partial charge in [0.1, 0.15) is 5.65 Å². The molecule has 0 aromatic carbocycles. The lowest BCUT2D eigenvalue weighted by Crippen LogP contribution is -2.14. The molecule has 1 N–H and O–H groups in total. The van der Waals surface area contributed by atoms with Crippen molar-refractivity contribution < 1.29 is 5.11 Å². The molecule has 0 aliphatic carbocycles. The van der Waals surface area contributed by atoms with Crippen molar-refractivity contribution in [2.24, 2.45) is 7.05 Å². The van der Waals surface area contributed by atoms with Crippen LogP contribution in [0.5, 0.6) is 0 Å². The third kappa shape index (κ3) is 1.30. The van der Waals surface area contributed by atoms with Gasteiger partial charge in [-0.15, -0.1) is 0 Å². The van der Waals surface area contributed by atoms with E-state index in [1.54, 1.807) is 20.0 Å². The Labute approximate surface area is 83.0 Å². The van der Waals surface area contributed by atoms with Crippen LogP contribution < -0.4 is 0 Å². The van der Waals surface area contributed by atoms with Crippen molar-refractivity contribution in [3.8, 4) is 0 Å². The molecule has 0 fully saturated rings. The SMILES string of the molecule is Cn1cc(C(C)(C)O)c2cccnc21. The molecule has 2 heterocycles. The lowest BCUT2D eigenvalue weighted by atomic mass is 9.99. The molecule has 0 spiro atoms. The van der Waals surface area contributed by atoms with E-state index in [0.717, 1.165) is 16.6 Å². The van der Waals surface area contributed by atoms with Crippen molar-refractivity contribution in [2.45, 2.75) is 19.4 Å². The van der Waals surface area contributed by atoms with E-state index in [2.05, 4.69) is 4.98 Å². The van der Waals surface area contributed by atoms with E-state index < -0.39 is 5.60 Å². The molecule has 0 amide bonds. The van der Waals surface area contributed by atoms with E-state index in [1.165, 1.54) is 0 Å². The van der Waals surface area contributed by atoms with Crippen molar-refractivity contribution in [1.29, 1.82) is 0 Å². The summed E-state index contributed by atoms with van der Waals surface area (Å²) in [6.45, 7) is 3.57. The maximum Gasteiger partial charge on any atom is 0.139 e. The second-order valence-corrected chi connectivity index (χ2v) is 4.09. The van der Waals surface area contributed by atoms with Gasteiger partial charge in [0, 0.05) is 30.4 Å². The van der Waals surface area contributed by atoms with E-state index in [-0.39, 0.29) is 0 Å². The van der Waals surface area contributed by atoms with Crippen LogP contribution in [0.15, 0.2) is 24.5 Å². The Morgan fingerprint density at radius 1 is 1.43 bits per heavy atom. The van der Waals surface area contributed by atoms with Gasteiger partial charge in [-0.25, -0.2) is 4.98 Å². The van der Waals surface area contributed by atoms with Crippen LogP contribution in [0, 0.1) is 0 Å². The fourth-order valence-corrected chi connectivity index (χ4v) is 1.70. The predicted molar refractivity (Wildman–Crippen MR) is 56.0 cm³/mol. The number of aliphatic hydroxyl groups is 1. The van der Waals surface area contributed by atoms with E-state index in [9.17, 15) is 5.11 Å². The zero-order valence-corrected chi connectivity index (χ0v) is 8.65. The van der Waals surface area contributed by atoms with Crippen molar-refractivity contribution in [2.75, 3.05) is 0 Å². The Bertz CT molecular complexity index is 466. The van der Waals surface area contributed by atoms with E-state index in [1.807, 2.05) is 29.9 Å². The number of aromatic nitrogens is 2. The molecule has 2 rings (SSSR count). The van der Waals surface area contributed by atoms with E-state index in [4.69, 9.17) is 0 Å². The van der Waals surface area contributed by atoms with E-state index >= 15 is 0 Å². The van der Waals surface area contributed by atoms with Gasteiger partial charge in [0.25, 0.3) is 0 Å². The van der Waals surface area contributed by atoms with Gasteiger partial charge in [-0.3, -0.25) is 0 Å². The van der Waals surface area contributed by atoms with Crippen LogP contribution in [0.2, 0.25) is 0 Å². The minimum atomic E-state index is -0.817. The lowest BCUT2D eigenvalue weighted by molar-refractivity contribution is 0.0800. The largest absolute Gasteiger partial charge is 0.386 e.